The summed E-state index contributed by atoms with van der Waals surface area (Å²) in [4.78, 5) is 23.9. The molecule has 1 heterocycles. The quantitative estimate of drug-likeness (QED) is 0.625. The fraction of sp³-hybridized carbons (Fsp3) is 0.105. The molecular formula is C19H18FN5O2. The largest absolute Gasteiger partial charge is 0.334 e. The van der Waals surface area contributed by atoms with Crippen LogP contribution in [0.2, 0.25) is 0 Å². The number of para-hydroxylation sites is 2. The maximum Gasteiger partial charge on any atom is 0.315 e. The standard InChI is InChI=1S/C19H18FN5O2/c20-15-8-6-14(7-9-15)12-21-19(27)22-13-18(26)24-16-4-1-2-5-17(16)25-11-3-10-23-25/h1-11H,12-13H2,(H,24,26)(H2,21,22,27). The van der Waals surface area contributed by atoms with E-state index in [2.05, 4.69) is 21.0 Å². The summed E-state index contributed by atoms with van der Waals surface area (Å²) in [6, 6.07) is 14.3. The zero-order valence-corrected chi connectivity index (χ0v) is 14.4. The highest BCUT2D eigenvalue weighted by molar-refractivity contribution is 5.95. The van der Waals surface area contributed by atoms with Gasteiger partial charge in [-0.15, -0.1) is 0 Å². The van der Waals surface area contributed by atoms with E-state index >= 15 is 0 Å². The van der Waals surface area contributed by atoms with E-state index in [9.17, 15) is 14.0 Å². The molecule has 2 aromatic carbocycles. The number of halogens is 1. The molecule has 0 unspecified atom stereocenters. The summed E-state index contributed by atoms with van der Waals surface area (Å²) in [6.07, 6.45) is 3.41. The summed E-state index contributed by atoms with van der Waals surface area (Å²) in [5.41, 5.74) is 2.06. The topological polar surface area (TPSA) is 88.0 Å². The molecule has 0 aliphatic heterocycles. The summed E-state index contributed by atoms with van der Waals surface area (Å²) in [6.45, 7) is 0.0402. The summed E-state index contributed by atoms with van der Waals surface area (Å²) in [5, 5.41) is 12.0. The van der Waals surface area contributed by atoms with Gasteiger partial charge in [-0.2, -0.15) is 5.10 Å². The summed E-state index contributed by atoms with van der Waals surface area (Å²) in [7, 11) is 0. The lowest BCUT2D eigenvalue weighted by molar-refractivity contribution is -0.115. The van der Waals surface area contributed by atoms with Crippen LogP contribution in [0.5, 0.6) is 0 Å². The number of nitrogens with zero attached hydrogens (tertiary/aromatic N) is 2. The van der Waals surface area contributed by atoms with Crippen LogP contribution in [0.4, 0.5) is 14.9 Å². The fourth-order valence-electron chi connectivity index (χ4n) is 2.39. The molecule has 3 aromatic rings. The Morgan fingerprint density at radius 2 is 1.78 bits per heavy atom. The van der Waals surface area contributed by atoms with Crippen molar-refractivity contribution >= 4 is 17.6 Å². The smallest absolute Gasteiger partial charge is 0.315 e. The zero-order chi connectivity index (χ0) is 19.1. The molecule has 0 bridgehead atoms. The van der Waals surface area contributed by atoms with E-state index in [0.717, 1.165) is 11.3 Å². The van der Waals surface area contributed by atoms with Gasteiger partial charge >= 0.3 is 6.03 Å². The molecule has 0 saturated carbocycles. The number of aromatic nitrogens is 2. The van der Waals surface area contributed by atoms with Gasteiger partial charge in [0.25, 0.3) is 0 Å². The Labute approximate surface area is 155 Å². The van der Waals surface area contributed by atoms with E-state index < -0.39 is 6.03 Å². The minimum absolute atomic E-state index is 0.192. The monoisotopic (exact) mass is 367 g/mol. The predicted octanol–water partition coefficient (Wildman–Crippen LogP) is 2.45. The predicted molar refractivity (Wildman–Crippen MR) is 98.8 cm³/mol. The van der Waals surface area contributed by atoms with E-state index in [1.165, 1.54) is 12.1 Å². The number of rotatable bonds is 6. The minimum Gasteiger partial charge on any atom is -0.334 e. The van der Waals surface area contributed by atoms with Crippen molar-refractivity contribution < 1.29 is 14.0 Å². The van der Waals surface area contributed by atoms with Crippen LogP contribution in [0, 0.1) is 5.82 Å². The summed E-state index contributed by atoms with van der Waals surface area (Å²) < 4.78 is 14.5. The second kappa shape index (κ2) is 8.61. The molecule has 3 N–H and O–H groups in total. The highest BCUT2D eigenvalue weighted by atomic mass is 19.1. The molecule has 138 valence electrons. The Balaban J connectivity index is 1.49. The number of amides is 3. The second-order valence-corrected chi connectivity index (χ2v) is 5.68. The second-order valence-electron chi connectivity index (χ2n) is 5.68. The molecular weight excluding hydrogens is 349 g/mol. The molecule has 3 amide bonds. The Morgan fingerprint density at radius 3 is 2.52 bits per heavy atom. The molecule has 7 nitrogen and oxygen atoms in total. The molecule has 0 fully saturated rings. The molecule has 0 aliphatic rings. The van der Waals surface area contributed by atoms with Crippen molar-refractivity contribution in [2.45, 2.75) is 6.54 Å². The molecule has 8 heteroatoms. The Kier molecular flexibility index (Phi) is 5.78. The Hall–Kier alpha value is -3.68. The van der Waals surface area contributed by atoms with Gasteiger partial charge in [0.15, 0.2) is 0 Å². The molecule has 0 atom stereocenters. The van der Waals surface area contributed by atoms with Crippen molar-refractivity contribution in [3.63, 3.8) is 0 Å². The average molecular weight is 367 g/mol. The first kappa shape index (κ1) is 18.1. The van der Waals surface area contributed by atoms with E-state index in [1.54, 1.807) is 47.4 Å². The van der Waals surface area contributed by atoms with E-state index in [4.69, 9.17) is 0 Å². The van der Waals surface area contributed by atoms with E-state index in [0.29, 0.717) is 5.69 Å². The normalized spacial score (nSPS) is 10.3. The van der Waals surface area contributed by atoms with Crippen LogP contribution in [0.1, 0.15) is 5.56 Å². The molecule has 27 heavy (non-hydrogen) atoms. The lowest BCUT2D eigenvalue weighted by atomic mass is 10.2. The van der Waals surface area contributed by atoms with Gasteiger partial charge in [-0.1, -0.05) is 24.3 Å². The summed E-state index contributed by atoms with van der Waals surface area (Å²) >= 11 is 0. The van der Waals surface area contributed by atoms with Crippen molar-refractivity contribution in [1.82, 2.24) is 20.4 Å². The van der Waals surface area contributed by atoms with Crippen molar-refractivity contribution in [2.75, 3.05) is 11.9 Å². The first-order valence-corrected chi connectivity index (χ1v) is 8.27. The third kappa shape index (κ3) is 5.15. The van der Waals surface area contributed by atoms with Crippen LogP contribution < -0.4 is 16.0 Å². The van der Waals surface area contributed by atoms with Gasteiger partial charge in [-0.05, 0) is 35.9 Å². The first-order chi connectivity index (χ1) is 13.1. The third-order valence-corrected chi connectivity index (χ3v) is 3.71. The van der Waals surface area contributed by atoms with Crippen LogP contribution in [0.3, 0.4) is 0 Å². The number of carbonyl (C=O) groups excluding carboxylic acids is 2. The van der Waals surface area contributed by atoms with Crippen molar-refractivity contribution in [2.24, 2.45) is 0 Å². The lowest BCUT2D eigenvalue weighted by Gasteiger charge is -2.12. The van der Waals surface area contributed by atoms with Gasteiger partial charge in [0, 0.05) is 18.9 Å². The molecule has 3 rings (SSSR count). The number of anilines is 1. The van der Waals surface area contributed by atoms with Gasteiger partial charge in [-0.25, -0.2) is 13.9 Å². The number of hydrogen-bond acceptors (Lipinski definition) is 3. The van der Waals surface area contributed by atoms with Gasteiger partial charge in [0.2, 0.25) is 5.91 Å². The summed E-state index contributed by atoms with van der Waals surface area (Å²) in [5.74, 6) is -0.707. The van der Waals surface area contributed by atoms with E-state index in [1.807, 2.05) is 12.1 Å². The van der Waals surface area contributed by atoms with Crippen LogP contribution in [0.25, 0.3) is 5.69 Å². The number of urea groups is 1. The maximum absolute atomic E-state index is 12.8. The molecule has 0 saturated heterocycles. The molecule has 0 spiro atoms. The number of hydrogen-bond donors (Lipinski definition) is 3. The molecule has 0 radical (unpaired) electrons. The molecule has 1 aromatic heterocycles. The van der Waals surface area contributed by atoms with Crippen LogP contribution in [0.15, 0.2) is 67.0 Å². The SMILES string of the molecule is O=C(CNC(=O)NCc1ccc(F)cc1)Nc1ccccc1-n1cccn1. The maximum atomic E-state index is 12.8. The highest BCUT2D eigenvalue weighted by Crippen LogP contribution is 2.18. The average Bonchev–Trinajstić information content (AvgIpc) is 3.21. The highest BCUT2D eigenvalue weighted by Gasteiger charge is 2.09. The van der Waals surface area contributed by atoms with Crippen molar-refractivity contribution in [3.8, 4) is 5.69 Å². The van der Waals surface area contributed by atoms with Crippen molar-refractivity contribution in [3.05, 3.63) is 78.4 Å². The fourth-order valence-corrected chi connectivity index (χ4v) is 2.39. The Morgan fingerprint density at radius 1 is 1.00 bits per heavy atom. The number of nitrogens with one attached hydrogen (secondary N) is 3. The Bertz CT molecular complexity index is 910. The van der Waals surface area contributed by atoms with Crippen LogP contribution in [-0.2, 0) is 11.3 Å². The van der Waals surface area contributed by atoms with Gasteiger partial charge in [0.1, 0.15) is 5.82 Å². The van der Waals surface area contributed by atoms with Crippen molar-refractivity contribution in [1.29, 1.82) is 0 Å². The lowest BCUT2D eigenvalue weighted by Crippen LogP contribution is -2.39. The molecule has 0 aliphatic carbocycles. The van der Waals surface area contributed by atoms with Gasteiger partial charge in [0.05, 0.1) is 17.9 Å². The van der Waals surface area contributed by atoms with Crippen LogP contribution >= 0.6 is 0 Å². The minimum atomic E-state index is -0.491. The zero-order valence-electron chi connectivity index (χ0n) is 14.4. The number of carbonyl (C=O) groups is 2. The third-order valence-electron chi connectivity index (χ3n) is 3.71. The van der Waals surface area contributed by atoms with Crippen LogP contribution in [-0.4, -0.2) is 28.3 Å². The number of benzene rings is 2. The van der Waals surface area contributed by atoms with E-state index in [-0.39, 0.29) is 24.8 Å². The van der Waals surface area contributed by atoms with Gasteiger partial charge < -0.3 is 16.0 Å². The first-order valence-electron chi connectivity index (χ1n) is 8.27. The van der Waals surface area contributed by atoms with Gasteiger partial charge in [-0.3, -0.25) is 4.79 Å².